The van der Waals surface area contributed by atoms with Gasteiger partial charge in [-0.1, -0.05) is 12.1 Å². The number of nitrogens with zero attached hydrogens (tertiary/aromatic N) is 2. The molecule has 0 spiro atoms. The predicted octanol–water partition coefficient (Wildman–Crippen LogP) is 2.70. The number of ether oxygens (including phenoxy) is 1. The normalized spacial score (nSPS) is 10.7. The van der Waals surface area contributed by atoms with Crippen LogP contribution in [0.2, 0.25) is 0 Å². The van der Waals surface area contributed by atoms with Crippen LogP contribution in [0.4, 0.5) is 0 Å². The summed E-state index contributed by atoms with van der Waals surface area (Å²) in [5.74, 6) is -0.453. The van der Waals surface area contributed by atoms with Crippen LogP contribution in [-0.4, -0.2) is 27.2 Å². The highest BCUT2D eigenvalue weighted by molar-refractivity contribution is 5.93. The molecule has 0 bridgehead atoms. The second-order valence-corrected chi connectivity index (χ2v) is 4.73. The van der Waals surface area contributed by atoms with E-state index in [9.17, 15) is 4.79 Å². The Morgan fingerprint density at radius 2 is 2.19 bits per heavy atom. The molecular weight excluding hydrogens is 268 g/mol. The quantitative estimate of drug-likeness (QED) is 0.799. The minimum absolute atomic E-state index is 0.347. The number of aromatic nitrogens is 2. The van der Waals surface area contributed by atoms with Crippen molar-refractivity contribution >= 4 is 17.0 Å². The Labute approximate surface area is 121 Å². The van der Waals surface area contributed by atoms with Crippen molar-refractivity contribution in [3.05, 3.63) is 48.8 Å². The molecule has 0 radical (unpaired) electrons. The van der Waals surface area contributed by atoms with E-state index in [1.807, 2.05) is 48.1 Å². The molecule has 21 heavy (non-hydrogen) atoms. The number of hydrogen-bond donors (Lipinski definition) is 1. The smallest absolute Gasteiger partial charge is 0.341 e. The molecule has 0 aliphatic carbocycles. The molecule has 0 saturated carbocycles. The third kappa shape index (κ3) is 2.58. The summed E-state index contributed by atoms with van der Waals surface area (Å²) < 4.78 is 7.19. The van der Waals surface area contributed by atoms with Gasteiger partial charge in [0.1, 0.15) is 11.4 Å². The Bertz CT molecular complexity index is 808. The van der Waals surface area contributed by atoms with Gasteiger partial charge in [-0.05, 0) is 35.4 Å². The van der Waals surface area contributed by atoms with Crippen molar-refractivity contribution < 1.29 is 14.6 Å². The van der Waals surface area contributed by atoms with E-state index in [4.69, 9.17) is 9.84 Å². The lowest BCUT2D eigenvalue weighted by Gasteiger charge is -2.07. The van der Waals surface area contributed by atoms with E-state index in [1.54, 1.807) is 12.3 Å². The maximum atomic E-state index is 10.6. The number of carboxylic acid groups (broad SMARTS) is 1. The van der Waals surface area contributed by atoms with E-state index in [0.29, 0.717) is 5.75 Å². The summed E-state index contributed by atoms with van der Waals surface area (Å²) >= 11 is 0. The van der Waals surface area contributed by atoms with Crippen LogP contribution in [0.15, 0.2) is 48.8 Å². The van der Waals surface area contributed by atoms with Crippen molar-refractivity contribution in [3.63, 3.8) is 0 Å². The molecule has 3 rings (SSSR count). The van der Waals surface area contributed by atoms with Gasteiger partial charge in [0.15, 0.2) is 6.61 Å². The summed E-state index contributed by atoms with van der Waals surface area (Å²) in [5.41, 5.74) is 2.92. The summed E-state index contributed by atoms with van der Waals surface area (Å²) in [4.78, 5) is 14.9. The number of aryl methyl sites for hydroxylation is 1. The first kappa shape index (κ1) is 13.2. The third-order valence-electron chi connectivity index (χ3n) is 3.28. The van der Waals surface area contributed by atoms with Gasteiger partial charge in [-0.15, -0.1) is 0 Å². The fraction of sp³-hybridized carbons (Fsp3) is 0.125. The summed E-state index contributed by atoms with van der Waals surface area (Å²) in [6.07, 6.45) is 3.73. The number of fused-ring (bicyclic) bond motifs is 1. The number of aliphatic carboxylic acids is 1. The van der Waals surface area contributed by atoms with Crippen LogP contribution >= 0.6 is 0 Å². The molecule has 1 aromatic carbocycles. The zero-order chi connectivity index (χ0) is 14.8. The van der Waals surface area contributed by atoms with Gasteiger partial charge in [0, 0.05) is 24.8 Å². The zero-order valence-corrected chi connectivity index (χ0v) is 11.5. The summed E-state index contributed by atoms with van der Waals surface area (Å²) in [6, 6.07) is 11.4. The number of hydrogen-bond acceptors (Lipinski definition) is 3. The van der Waals surface area contributed by atoms with E-state index < -0.39 is 5.97 Å². The molecule has 0 fully saturated rings. The summed E-state index contributed by atoms with van der Waals surface area (Å²) in [5, 5.41) is 9.72. The van der Waals surface area contributed by atoms with Crippen LogP contribution in [-0.2, 0) is 11.8 Å². The van der Waals surface area contributed by atoms with E-state index in [1.165, 1.54) is 0 Å². The Morgan fingerprint density at radius 1 is 1.33 bits per heavy atom. The molecule has 3 aromatic rings. The fourth-order valence-corrected chi connectivity index (χ4v) is 2.31. The molecule has 0 aliphatic heterocycles. The molecule has 0 saturated heterocycles. The fourth-order valence-electron chi connectivity index (χ4n) is 2.31. The molecule has 5 heteroatoms. The predicted molar refractivity (Wildman–Crippen MR) is 79.3 cm³/mol. The highest BCUT2D eigenvalue weighted by atomic mass is 16.5. The van der Waals surface area contributed by atoms with Gasteiger partial charge in [-0.25, -0.2) is 9.78 Å². The summed E-state index contributed by atoms with van der Waals surface area (Å²) in [7, 11) is 1.95. The SMILES string of the molecule is Cn1ccc2c(-c3cccc(OCC(=O)O)c3)ccnc21. The first-order valence-electron chi connectivity index (χ1n) is 6.50. The minimum Gasteiger partial charge on any atom is -0.482 e. The van der Waals surface area contributed by atoms with Gasteiger partial charge in [-0.3, -0.25) is 0 Å². The van der Waals surface area contributed by atoms with Gasteiger partial charge in [0.05, 0.1) is 0 Å². The van der Waals surface area contributed by atoms with Crippen molar-refractivity contribution in [2.75, 3.05) is 6.61 Å². The van der Waals surface area contributed by atoms with E-state index in [-0.39, 0.29) is 6.61 Å². The highest BCUT2D eigenvalue weighted by Crippen LogP contribution is 2.30. The third-order valence-corrected chi connectivity index (χ3v) is 3.28. The van der Waals surface area contributed by atoms with Crippen LogP contribution in [0, 0.1) is 0 Å². The molecule has 5 nitrogen and oxygen atoms in total. The highest BCUT2D eigenvalue weighted by Gasteiger charge is 2.08. The molecule has 0 unspecified atom stereocenters. The van der Waals surface area contributed by atoms with Crippen LogP contribution < -0.4 is 4.74 Å². The molecule has 106 valence electrons. The topological polar surface area (TPSA) is 64.3 Å². The first-order chi connectivity index (χ1) is 10.1. The van der Waals surface area contributed by atoms with Crippen molar-refractivity contribution in [2.24, 2.45) is 7.05 Å². The average molecular weight is 282 g/mol. The number of carbonyl (C=O) groups is 1. The lowest BCUT2D eigenvalue weighted by Crippen LogP contribution is -2.09. The molecule has 0 aliphatic rings. The van der Waals surface area contributed by atoms with Crippen molar-refractivity contribution in [3.8, 4) is 16.9 Å². The molecule has 0 atom stereocenters. The van der Waals surface area contributed by atoms with Crippen molar-refractivity contribution in [1.82, 2.24) is 9.55 Å². The lowest BCUT2D eigenvalue weighted by molar-refractivity contribution is -0.139. The van der Waals surface area contributed by atoms with E-state index in [2.05, 4.69) is 4.98 Å². The summed E-state index contributed by atoms with van der Waals surface area (Å²) in [6.45, 7) is -0.347. The largest absolute Gasteiger partial charge is 0.482 e. The standard InChI is InChI=1S/C16H14N2O3/c1-18-8-6-14-13(5-7-17-16(14)18)11-3-2-4-12(9-11)21-10-15(19)20/h2-9H,10H2,1H3,(H,19,20). The van der Waals surface area contributed by atoms with Crippen LogP contribution in [0.3, 0.4) is 0 Å². The average Bonchev–Trinajstić information content (AvgIpc) is 2.87. The van der Waals surface area contributed by atoms with Gasteiger partial charge in [-0.2, -0.15) is 0 Å². The number of rotatable bonds is 4. The Morgan fingerprint density at radius 3 is 3.00 bits per heavy atom. The Hall–Kier alpha value is -2.82. The molecule has 0 amide bonds. The van der Waals surface area contributed by atoms with Gasteiger partial charge in [0.2, 0.25) is 0 Å². The van der Waals surface area contributed by atoms with Gasteiger partial charge < -0.3 is 14.4 Å². The van der Waals surface area contributed by atoms with Crippen LogP contribution in [0.25, 0.3) is 22.2 Å². The first-order valence-corrected chi connectivity index (χ1v) is 6.50. The molecule has 1 N–H and O–H groups in total. The maximum Gasteiger partial charge on any atom is 0.341 e. The van der Waals surface area contributed by atoms with Gasteiger partial charge in [0.25, 0.3) is 0 Å². The second kappa shape index (κ2) is 5.28. The number of carboxylic acids is 1. The lowest BCUT2D eigenvalue weighted by atomic mass is 10.0. The molecule has 2 heterocycles. The minimum atomic E-state index is -0.991. The zero-order valence-electron chi connectivity index (χ0n) is 11.5. The van der Waals surface area contributed by atoms with Crippen LogP contribution in [0.1, 0.15) is 0 Å². The second-order valence-electron chi connectivity index (χ2n) is 4.73. The molecule has 2 aromatic heterocycles. The number of benzene rings is 1. The Kier molecular flexibility index (Phi) is 3.31. The van der Waals surface area contributed by atoms with Gasteiger partial charge >= 0.3 is 5.97 Å². The Balaban J connectivity index is 2.02. The number of pyridine rings is 1. The monoisotopic (exact) mass is 282 g/mol. The molecular formula is C16H14N2O3. The van der Waals surface area contributed by atoms with Crippen molar-refractivity contribution in [2.45, 2.75) is 0 Å². The van der Waals surface area contributed by atoms with Crippen molar-refractivity contribution in [1.29, 1.82) is 0 Å². The van der Waals surface area contributed by atoms with Crippen LogP contribution in [0.5, 0.6) is 5.75 Å². The maximum absolute atomic E-state index is 10.6. The van der Waals surface area contributed by atoms with E-state index in [0.717, 1.165) is 22.2 Å². The van der Waals surface area contributed by atoms with E-state index >= 15 is 0 Å².